The first kappa shape index (κ1) is 4.25. The fourth-order valence-electron chi connectivity index (χ4n) is 0.682. The lowest BCUT2D eigenvalue weighted by atomic mass is 10.1. The molecule has 0 spiro atoms. The third kappa shape index (κ3) is 1.42. The van der Waals surface area contributed by atoms with Gasteiger partial charge in [-0.05, 0) is 12.1 Å². The van der Waals surface area contributed by atoms with Crippen molar-refractivity contribution < 1.29 is 15.1 Å². The van der Waals surface area contributed by atoms with Crippen molar-refractivity contribution in [2.75, 3.05) is 0 Å². The van der Waals surface area contributed by atoms with E-state index >= 15 is 0 Å². The van der Waals surface area contributed by atoms with Gasteiger partial charge in [-0.1, -0.05) is 12.1 Å². The van der Waals surface area contributed by atoms with Gasteiger partial charge in [0, 0.05) is 0 Å². The molecule has 0 aliphatic rings. The number of rotatable bonds is 2. The Morgan fingerprint density at radius 1 is 1.08 bits per heavy atom. The largest absolute Gasteiger partial charge is 0.366 e. The molecule has 0 bridgehead atoms. The van der Waals surface area contributed by atoms with Crippen molar-refractivity contribution in [1.82, 2.24) is 0 Å². The SMILES string of the molecule is [2H]c1c([2H])c([2H])c(C(N)=O)c(C(N)=O)c1[2H]. The van der Waals surface area contributed by atoms with Crippen molar-refractivity contribution >= 4 is 11.8 Å². The predicted molar refractivity (Wildman–Crippen MR) is 43.5 cm³/mol. The highest BCUT2D eigenvalue weighted by molar-refractivity contribution is 6.05. The van der Waals surface area contributed by atoms with Crippen LogP contribution in [0.3, 0.4) is 0 Å². The van der Waals surface area contributed by atoms with Crippen LogP contribution in [0.15, 0.2) is 24.2 Å². The molecule has 0 fully saturated rings. The standard InChI is InChI=1S/C8H8N2O2/c9-7(11)5-3-1-2-4-6(5)8(10)12/h1-4H,(H2,9,11)(H2,10,12)/i1D,2D,3D,4D. The Labute approximate surface area is 74.8 Å². The highest BCUT2D eigenvalue weighted by Gasteiger charge is 2.10. The molecule has 0 saturated heterocycles. The summed E-state index contributed by atoms with van der Waals surface area (Å²) in [6, 6.07) is -2.60. The van der Waals surface area contributed by atoms with E-state index in [0.29, 0.717) is 0 Å². The van der Waals surface area contributed by atoms with Gasteiger partial charge in [-0.3, -0.25) is 9.59 Å². The summed E-state index contributed by atoms with van der Waals surface area (Å²) in [6.45, 7) is 0. The van der Waals surface area contributed by atoms with Crippen molar-refractivity contribution in [1.29, 1.82) is 0 Å². The van der Waals surface area contributed by atoms with E-state index in [0.717, 1.165) is 0 Å². The van der Waals surface area contributed by atoms with Gasteiger partial charge < -0.3 is 11.5 Å². The average molecular weight is 168 g/mol. The number of amides is 2. The van der Waals surface area contributed by atoms with Gasteiger partial charge in [0.1, 0.15) is 0 Å². The number of carbonyl (C=O) groups is 2. The Morgan fingerprint density at radius 3 is 1.67 bits per heavy atom. The van der Waals surface area contributed by atoms with Crippen LogP contribution in [0.5, 0.6) is 0 Å². The molecule has 0 aromatic heterocycles. The first-order chi connectivity index (χ1) is 7.29. The lowest BCUT2D eigenvalue weighted by Gasteiger charge is -2.00. The molecule has 0 atom stereocenters. The minimum Gasteiger partial charge on any atom is -0.366 e. The predicted octanol–water partition coefficient (Wildman–Crippen LogP) is -0.116. The minimum absolute atomic E-state index is 0.585. The molecule has 0 radical (unpaired) electrons. The van der Waals surface area contributed by atoms with Crippen molar-refractivity contribution in [3.05, 3.63) is 35.3 Å². The van der Waals surface area contributed by atoms with Crippen LogP contribution in [0.25, 0.3) is 0 Å². The van der Waals surface area contributed by atoms with E-state index in [9.17, 15) is 9.59 Å². The van der Waals surface area contributed by atoms with Crippen molar-refractivity contribution in [2.24, 2.45) is 11.5 Å². The highest BCUT2D eigenvalue weighted by Crippen LogP contribution is 2.06. The van der Waals surface area contributed by atoms with Crippen molar-refractivity contribution in [2.45, 2.75) is 0 Å². The quantitative estimate of drug-likeness (QED) is 0.645. The molecule has 0 saturated carbocycles. The number of nitrogens with two attached hydrogens (primary N) is 2. The molecule has 4 nitrogen and oxygen atoms in total. The number of primary amides is 2. The summed E-state index contributed by atoms with van der Waals surface area (Å²) in [5, 5.41) is 0. The molecule has 0 aliphatic carbocycles. The second-order valence-electron chi connectivity index (χ2n) is 1.98. The van der Waals surface area contributed by atoms with Gasteiger partial charge in [0.15, 0.2) is 0 Å². The van der Waals surface area contributed by atoms with Crippen LogP contribution in [0.1, 0.15) is 26.2 Å². The molecule has 4 N–H and O–H groups in total. The zero-order valence-corrected chi connectivity index (χ0v) is 5.97. The van der Waals surface area contributed by atoms with Gasteiger partial charge in [0.2, 0.25) is 11.8 Å². The zero-order valence-electron chi connectivity index (χ0n) is 9.97. The van der Waals surface area contributed by atoms with Gasteiger partial charge in [-0.2, -0.15) is 0 Å². The van der Waals surface area contributed by atoms with E-state index in [-0.39, 0.29) is 0 Å². The van der Waals surface area contributed by atoms with E-state index < -0.39 is 47.1 Å². The Morgan fingerprint density at radius 2 is 1.42 bits per heavy atom. The summed E-state index contributed by atoms with van der Waals surface area (Å²) >= 11 is 0. The molecule has 12 heavy (non-hydrogen) atoms. The van der Waals surface area contributed by atoms with Crippen molar-refractivity contribution in [3.63, 3.8) is 0 Å². The summed E-state index contributed by atoms with van der Waals surface area (Å²) in [7, 11) is 0. The molecule has 62 valence electrons. The monoisotopic (exact) mass is 168 g/mol. The maximum absolute atomic E-state index is 11.0. The Balaban J connectivity index is 3.83. The van der Waals surface area contributed by atoms with Crippen LogP contribution >= 0.6 is 0 Å². The Bertz CT molecular complexity index is 457. The molecule has 1 aromatic rings. The third-order valence-corrected chi connectivity index (χ3v) is 1.18. The second-order valence-corrected chi connectivity index (χ2v) is 1.98. The molecule has 1 aromatic carbocycles. The maximum Gasteiger partial charge on any atom is 0.249 e. The molecule has 0 unspecified atom stereocenters. The van der Waals surface area contributed by atoms with E-state index in [1.54, 1.807) is 0 Å². The van der Waals surface area contributed by atoms with Gasteiger partial charge in [0.25, 0.3) is 0 Å². The molecule has 4 heteroatoms. The van der Waals surface area contributed by atoms with Crippen LogP contribution in [-0.4, -0.2) is 11.8 Å². The number of hydrogen-bond donors (Lipinski definition) is 2. The number of carbonyl (C=O) groups excluding carboxylic acids is 2. The van der Waals surface area contributed by atoms with Gasteiger partial charge in [-0.25, -0.2) is 0 Å². The normalized spacial score (nSPS) is 14.0. The molecule has 0 aliphatic heterocycles. The summed E-state index contributed by atoms with van der Waals surface area (Å²) in [6.07, 6.45) is 0. The van der Waals surface area contributed by atoms with Crippen LogP contribution in [-0.2, 0) is 0 Å². The number of hydrogen-bond acceptors (Lipinski definition) is 2. The zero-order chi connectivity index (χ0) is 12.6. The van der Waals surface area contributed by atoms with Crippen LogP contribution in [0.2, 0.25) is 0 Å². The molecule has 0 heterocycles. The smallest absolute Gasteiger partial charge is 0.249 e. The van der Waals surface area contributed by atoms with E-state index in [1.165, 1.54) is 0 Å². The summed E-state index contributed by atoms with van der Waals surface area (Å²) in [5.41, 5.74) is 8.72. The summed E-state index contributed by atoms with van der Waals surface area (Å²) in [5.74, 6) is -2.25. The Hall–Kier alpha value is -1.84. The third-order valence-electron chi connectivity index (χ3n) is 1.18. The molecular weight excluding hydrogens is 156 g/mol. The van der Waals surface area contributed by atoms with Gasteiger partial charge in [-0.15, -0.1) is 0 Å². The van der Waals surface area contributed by atoms with E-state index in [1.807, 2.05) is 0 Å². The van der Waals surface area contributed by atoms with Crippen LogP contribution < -0.4 is 11.5 Å². The molecular formula is C8H8N2O2. The van der Waals surface area contributed by atoms with Crippen molar-refractivity contribution in [3.8, 4) is 0 Å². The van der Waals surface area contributed by atoms with Crippen LogP contribution in [0, 0.1) is 0 Å². The first-order valence-electron chi connectivity index (χ1n) is 4.99. The fraction of sp³-hybridized carbons (Fsp3) is 0. The second kappa shape index (κ2) is 3.04. The van der Waals surface area contributed by atoms with Crippen LogP contribution in [0.4, 0.5) is 0 Å². The topological polar surface area (TPSA) is 86.2 Å². The molecule has 1 rings (SSSR count). The first-order valence-corrected chi connectivity index (χ1v) is 2.99. The molecule has 2 amide bonds. The summed E-state index contributed by atoms with van der Waals surface area (Å²) < 4.78 is 29.4. The maximum atomic E-state index is 11.0. The summed E-state index contributed by atoms with van der Waals surface area (Å²) in [4.78, 5) is 22.1. The average Bonchev–Trinajstić information content (AvgIpc) is 2.18. The fourth-order valence-corrected chi connectivity index (χ4v) is 0.682. The Kier molecular flexibility index (Phi) is 1.08. The van der Waals surface area contributed by atoms with Gasteiger partial charge in [0.05, 0.1) is 16.6 Å². The highest BCUT2D eigenvalue weighted by atomic mass is 16.2. The van der Waals surface area contributed by atoms with Gasteiger partial charge >= 0.3 is 0 Å². The lowest BCUT2D eigenvalue weighted by Crippen LogP contribution is -2.20. The van der Waals surface area contributed by atoms with E-state index in [2.05, 4.69) is 0 Å². The van der Waals surface area contributed by atoms with E-state index in [4.69, 9.17) is 17.0 Å². The minimum atomic E-state index is -1.12. The number of benzene rings is 1. The lowest BCUT2D eigenvalue weighted by molar-refractivity contribution is 0.0967.